The van der Waals surface area contributed by atoms with Gasteiger partial charge in [-0.1, -0.05) is 0 Å². The first-order chi connectivity index (χ1) is 15.2. The number of rotatable bonds is 10. The van der Waals surface area contributed by atoms with E-state index in [4.69, 9.17) is 19.2 Å². The number of aliphatic imine (C=N–C) groups is 1. The Labute approximate surface area is 189 Å². The number of thiophene rings is 1. The van der Waals surface area contributed by atoms with E-state index in [9.17, 15) is 0 Å². The standard InChI is InChI=1S/C23H34N4O3S/c1-4-24-23(26-18-8-11-27(12-9-18)22-7-5-14-31-22)25-10-6-13-30-21-16-19(28-2)15-20(17-21)29-3/h5,7,14-18H,4,6,8-13H2,1-3H3,(H2,24,25,26). The highest BCUT2D eigenvalue weighted by Crippen LogP contribution is 2.27. The number of hydrogen-bond acceptors (Lipinski definition) is 6. The molecule has 7 nitrogen and oxygen atoms in total. The summed E-state index contributed by atoms with van der Waals surface area (Å²) in [4.78, 5) is 7.20. The molecule has 2 N–H and O–H groups in total. The Hall–Kier alpha value is -2.61. The number of hydrogen-bond donors (Lipinski definition) is 2. The van der Waals surface area contributed by atoms with Crippen LogP contribution in [0.15, 0.2) is 40.7 Å². The second kappa shape index (κ2) is 12.3. The van der Waals surface area contributed by atoms with Gasteiger partial charge in [0.25, 0.3) is 0 Å². The number of nitrogens with zero attached hydrogens (tertiary/aromatic N) is 2. The van der Waals surface area contributed by atoms with Crippen molar-refractivity contribution in [3.05, 3.63) is 35.7 Å². The smallest absolute Gasteiger partial charge is 0.191 e. The summed E-state index contributed by atoms with van der Waals surface area (Å²) in [5.41, 5.74) is 0. The van der Waals surface area contributed by atoms with Crippen LogP contribution in [0.25, 0.3) is 0 Å². The van der Waals surface area contributed by atoms with Crippen LogP contribution in [0.4, 0.5) is 5.00 Å². The van der Waals surface area contributed by atoms with E-state index >= 15 is 0 Å². The molecule has 1 aromatic carbocycles. The van der Waals surface area contributed by atoms with Crippen molar-refractivity contribution >= 4 is 22.3 Å². The molecule has 0 radical (unpaired) electrons. The molecule has 1 aliphatic heterocycles. The maximum atomic E-state index is 5.86. The quantitative estimate of drug-likeness (QED) is 0.329. The van der Waals surface area contributed by atoms with Crippen LogP contribution >= 0.6 is 11.3 Å². The van der Waals surface area contributed by atoms with E-state index in [1.807, 2.05) is 29.5 Å². The van der Waals surface area contributed by atoms with E-state index in [1.165, 1.54) is 5.00 Å². The maximum Gasteiger partial charge on any atom is 0.191 e. The zero-order valence-corrected chi connectivity index (χ0v) is 19.5. The fourth-order valence-electron chi connectivity index (χ4n) is 3.52. The number of nitrogens with one attached hydrogen (secondary N) is 2. The fourth-order valence-corrected chi connectivity index (χ4v) is 4.30. The van der Waals surface area contributed by atoms with Gasteiger partial charge in [-0.2, -0.15) is 0 Å². The minimum Gasteiger partial charge on any atom is -0.496 e. The third kappa shape index (κ3) is 7.24. The third-order valence-corrected chi connectivity index (χ3v) is 6.09. The molecular weight excluding hydrogens is 412 g/mol. The van der Waals surface area contributed by atoms with Crippen molar-refractivity contribution in [2.75, 3.05) is 51.9 Å². The van der Waals surface area contributed by atoms with E-state index in [2.05, 4.69) is 40.0 Å². The van der Waals surface area contributed by atoms with Gasteiger partial charge in [0.15, 0.2) is 5.96 Å². The molecule has 2 aromatic rings. The van der Waals surface area contributed by atoms with Crippen molar-refractivity contribution in [3.63, 3.8) is 0 Å². The molecule has 0 aliphatic carbocycles. The highest BCUT2D eigenvalue weighted by Gasteiger charge is 2.20. The number of piperidine rings is 1. The average molecular weight is 447 g/mol. The van der Waals surface area contributed by atoms with Gasteiger partial charge in [0.05, 0.1) is 25.8 Å². The van der Waals surface area contributed by atoms with Crippen molar-refractivity contribution in [2.24, 2.45) is 4.99 Å². The summed E-state index contributed by atoms with van der Waals surface area (Å²) in [5.74, 6) is 3.06. The van der Waals surface area contributed by atoms with Crippen LogP contribution in [-0.4, -0.2) is 59.0 Å². The lowest BCUT2D eigenvalue weighted by Gasteiger charge is -2.33. The lowest BCUT2D eigenvalue weighted by Crippen LogP contribution is -2.48. The zero-order valence-electron chi connectivity index (χ0n) is 18.7. The van der Waals surface area contributed by atoms with Gasteiger partial charge in [-0.25, -0.2) is 0 Å². The minimum absolute atomic E-state index is 0.453. The molecule has 0 unspecified atom stereocenters. The lowest BCUT2D eigenvalue weighted by atomic mass is 10.1. The topological polar surface area (TPSA) is 67.4 Å². The SMILES string of the molecule is CCNC(=NCCCOc1cc(OC)cc(OC)c1)NC1CCN(c2cccs2)CC1. The summed E-state index contributed by atoms with van der Waals surface area (Å²) in [5, 5.41) is 10.5. The van der Waals surface area contributed by atoms with Crippen molar-refractivity contribution in [1.29, 1.82) is 0 Å². The van der Waals surface area contributed by atoms with Crippen LogP contribution in [0.3, 0.4) is 0 Å². The molecule has 0 bridgehead atoms. The molecule has 2 heterocycles. The first-order valence-electron chi connectivity index (χ1n) is 10.9. The number of ether oxygens (including phenoxy) is 3. The summed E-state index contributed by atoms with van der Waals surface area (Å²) in [6, 6.07) is 10.3. The van der Waals surface area contributed by atoms with Gasteiger partial charge >= 0.3 is 0 Å². The lowest BCUT2D eigenvalue weighted by molar-refractivity contribution is 0.307. The Morgan fingerprint density at radius 1 is 1.13 bits per heavy atom. The molecule has 1 fully saturated rings. The summed E-state index contributed by atoms with van der Waals surface area (Å²) < 4.78 is 16.4. The minimum atomic E-state index is 0.453. The second-order valence-electron chi connectivity index (χ2n) is 7.37. The molecule has 170 valence electrons. The van der Waals surface area contributed by atoms with E-state index in [-0.39, 0.29) is 0 Å². The summed E-state index contributed by atoms with van der Waals surface area (Å²) in [7, 11) is 3.27. The first-order valence-corrected chi connectivity index (χ1v) is 11.8. The molecule has 1 aliphatic rings. The van der Waals surface area contributed by atoms with Gasteiger partial charge in [-0.05, 0) is 37.3 Å². The number of guanidine groups is 1. The number of methoxy groups -OCH3 is 2. The Morgan fingerprint density at radius 2 is 1.84 bits per heavy atom. The molecule has 0 amide bonds. The Bertz CT molecular complexity index is 783. The van der Waals surface area contributed by atoms with Gasteiger partial charge in [-0.15, -0.1) is 11.3 Å². The summed E-state index contributed by atoms with van der Waals surface area (Å²) in [6.07, 6.45) is 3.05. The second-order valence-corrected chi connectivity index (χ2v) is 8.29. The van der Waals surface area contributed by atoms with Crippen LogP contribution in [-0.2, 0) is 0 Å². The van der Waals surface area contributed by atoms with Gasteiger partial charge in [0.1, 0.15) is 17.2 Å². The van der Waals surface area contributed by atoms with E-state index < -0.39 is 0 Å². The van der Waals surface area contributed by atoms with Crippen LogP contribution in [0.5, 0.6) is 17.2 Å². The fraction of sp³-hybridized carbons (Fsp3) is 0.522. The van der Waals surface area contributed by atoms with Crippen LogP contribution in [0.1, 0.15) is 26.2 Å². The summed E-state index contributed by atoms with van der Waals surface area (Å²) >= 11 is 1.81. The molecule has 0 atom stereocenters. The predicted octanol–water partition coefficient (Wildman–Crippen LogP) is 3.76. The van der Waals surface area contributed by atoms with Crippen molar-refractivity contribution < 1.29 is 14.2 Å². The normalized spacial score (nSPS) is 14.9. The van der Waals surface area contributed by atoms with Crippen molar-refractivity contribution in [3.8, 4) is 17.2 Å². The van der Waals surface area contributed by atoms with Crippen LogP contribution in [0.2, 0.25) is 0 Å². The van der Waals surface area contributed by atoms with Gasteiger partial charge in [-0.3, -0.25) is 4.99 Å². The molecule has 8 heteroatoms. The Kier molecular flexibility index (Phi) is 9.15. The van der Waals surface area contributed by atoms with E-state index in [1.54, 1.807) is 14.2 Å². The molecule has 3 rings (SSSR count). The predicted molar refractivity (Wildman–Crippen MR) is 128 cm³/mol. The first kappa shape index (κ1) is 23.1. The number of anilines is 1. The molecule has 31 heavy (non-hydrogen) atoms. The molecule has 1 aromatic heterocycles. The molecule has 0 saturated carbocycles. The molecule has 0 spiro atoms. The summed E-state index contributed by atoms with van der Waals surface area (Å²) in [6.45, 7) is 6.38. The van der Waals surface area contributed by atoms with E-state index in [0.717, 1.165) is 62.1 Å². The van der Waals surface area contributed by atoms with E-state index in [0.29, 0.717) is 19.2 Å². The highest BCUT2D eigenvalue weighted by atomic mass is 32.1. The molecule has 1 saturated heterocycles. The number of benzene rings is 1. The average Bonchev–Trinajstić information content (AvgIpc) is 3.34. The van der Waals surface area contributed by atoms with Crippen LogP contribution < -0.4 is 29.7 Å². The Balaban J connectivity index is 1.41. The van der Waals surface area contributed by atoms with Crippen LogP contribution in [0, 0.1) is 0 Å². The highest BCUT2D eigenvalue weighted by molar-refractivity contribution is 7.14. The largest absolute Gasteiger partial charge is 0.496 e. The monoisotopic (exact) mass is 446 g/mol. The molecular formula is C23H34N4O3S. The van der Waals surface area contributed by atoms with Crippen molar-refractivity contribution in [2.45, 2.75) is 32.2 Å². The zero-order chi connectivity index (χ0) is 21.9. The van der Waals surface area contributed by atoms with Gasteiger partial charge in [0, 0.05) is 56.8 Å². The maximum absolute atomic E-state index is 5.86. The Morgan fingerprint density at radius 3 is 2.45 bits per heavy atom. The third-order valence-electron chi connectivity index (χ3n) is 5.16. The van der Waals surface area contributed by atoms with Gasteiger partial charge in [0.2, 0.25) is 0 Å². The van der Waals surface area contributed by atoms with Crippen molar-refractivity contribution in [1.82, 2.24) is 10.6 Å². The van der Waals surface area contributed by atoms with Gasteiger partial charge < -0.3 is 29.7 Å².